The smallest absolute Gasteiger partial charge is 0.326 e. The number of carbonyl (C=O) groups is 4. The molecule has 0 aliphatic rings. The fraction of sp³-hybridized carbons (Fsp3) is 0.435. The standard InChI is InChI=1S/C23H32N6O5S/c1-13(2)19(22(32)27-17(23(33)34)9-15-10-25-12-26-15)29-21(31)18(11-35)28-20(30)16(24)8-14-6-4-3-5-7-14/h3-7,10,12-13,16-19,35H,8-9,11,24H2,1-2H3,(H,25,26)(H,27,32)(H,28,30)(H,29,31)(H,33,34). The lowest BCUT2D eigenvalue weighted by atomic mass is 10.0. The van der Waals surface area contributed by atoms with Crippen LogP contribution in [0.15, 0.2) is 42.9 Å². The summed E-state index contributed by atoms with van der Waals surface area (Å²) in [6.45, 7) is 3.42. The van der Waals surface area contributed by atoms with E-state index in [9.17, 15) is 24.3 Å². The van der Waals surface area contributed by atoms with E-state index < -0.39 is 47.9 Å². The third-order valence-corrected chi connectivity index (χ3v) is 5.66. The van der Waals surface area contributed by atoms with Crippen molar-refractivity contribution >= 4 is 36.3 Å². The van der Waals surface area contributed by atoms with Gasteiger partial charge in [0.05, 0.1) is 12.4 Å². The second kappa shape index (κ2) is 13.5. The van der Waals surface area contributed by atoms with Crippen molar-refractivity contribution in [1.29, 1.82) is 0 Å². The molecule has 0 saturated heterocycles. The molecule has 1 heterocycles. The van der Waals surface area contributed by atoms with E-state index in [1.807, 2.05) is 30.3 Å². The molecule has 190 valence electrons. The van der Waals surface area contributed by atoms with E-state index >= 15 is 0 Å². The fourth-order valence-electron chi connectivity index (χ4n) is 3.30. The fourth-order valence-corrected chi connectivity index (χ4v) is 3.56. The highest BCUT2D eigenvalue weighted by Gasteiger charge is 2.31. The molecule has 1 aromatic carbocycles. The number of benzene rings is 1. The summed E-state index contributed by atoms with van der Waals surface area (Å²) in [5.74, 6) is -3.44. The van der Waals surface area contributed by atoms with Gasteiger partial charge in [-0.1, -0.05) is 44.2 Å². The van der Waals surface area contributed by atoms with E-state index in [-0.39, 0.29) is 24.5 Å². The van der Waals surface area contributed by atoms with Crippen molar-refractivity contribution in [1.82, 2.24) is 25.9 Å². The number of aromatic nitrogens is 2. The normalized spacial score (nSPS) is 14.4. The summed E-state index contributed by atoms with van der Waals surface area (Å²) in [6, 6.07) is 5.04. The number of nitrogens with two attached hydrogens (primary N) is 1. The van der Waals surface area contributed by atoms with Crippen LogP contribution >= 0.6 is 12.6 Å². The lowest BCUT2D eigenvalue weighted by molar-refractivity contribution is -0.142. The Morgan fingerprint density at radius 2 is 1.66 bits per heavy atom. The number of amides is 3. The quantitative estimate of drug-likeness (QED) is 0.182. The lowest BCUT2D eigenvalue weighted by Gasteiger charge is -2.26. The molecule has 12 heteroatoms. The number of hydrogen-bond donors (Lipinski definition) is 7. The van der Waals surface area contributed by atoms with Gasteiger partial charge in [-0.25, -0.2) is 9.78 Å². The molecule has 2 rings (SSSR count). The molecular weight excluding hydrogens is 472 g/mol. The van der Waals surface area contributed by atoms with Crippen LogP contribution in [0.25, 0.3) is 0 Å². The first kappa shape index (κ1) is 27.9. The van der Waals surface area contributed by atoms with Crippen molar-refractivity contribution in [3.8, 4) is 0 Å². The SMILES string of the molecule is CC(C)C(NC(=O)C(CS)NC(=O)C(N)Cc1ccccc1)C(=O)NC(Cc1cnc[nH]1)C(=O)O. The van der Waals surface area contributed by atoms with E-state index in [1.165, 1.54) is 12.5 Å². The number of thiol groups is 1. The van der Waals surface area contributed by atoms with Crippen molar-refractivity contribution < 1.29 is 24.3 Å². The van der Waals surface area contributed by atoms with E-state index in [0.29, 0.717) is 5.69 Å². The monoisotopic (exact) mass is 504 g/mol. The Morgan fingerprint density at radius 3 is 2.20 bits per heavy atom. The largest absolute Gasteiger partial charge is 0.480 e. The molecule has 7 N–H and O–H groups in total. The zero-order valence-corrected chi connectivity index (χ0v) is 20.5. The molecular formula is C23H32N6O5S. The number of aliphatic carboxylic acids is 1. The maximum absolute atomic E-state index is 12.9. The van der Waals surface area contributed by atoms with Gasteiger partial charge in [0.1, 0.15) is 18.1 Å². The highest BCUT2D eigenvalue weighted by molar-refractivity contribution is 7.80. The Bertz CT molecular complexity index is 986. The first-order chi connectivity index (χ1) is 16.6. The van der Waals surface area contributed by atoms with Crippen LogP contribution in [0.5, 0.6) is 0 Å². The van der Waals surface area contributed by atoms with E-state index in [4.69, 9.17) is 5.73 Å². The Balaban J connectivity index is 2.00. The molecule has 0 radical (unpaired) electrons. The predicted octanol–water partition coefficient (Wildman–Crippen LogP) is -0.353. The second-order valence-corrected chi connectivity index (χ2v) is 8.82. The number of nitrogens with zero attached hydrogens (tertiary/aromatic N) is 1. The van der Waals surface area contributed by atoms with Gasteiger partial charge in [0.25, 0.3) is 0 Å². The molecule has 0 bridgehead atoms. The molecule has 0 spiro atoms. The number of aromatic amines is 1. The predicted molar refractivity (Wildman–Crippen MR) is 133 cm³/mol. The van der Waals surface area contributed by atoms with Crippen LogP contribution in [-0.4, -0.2) is 68.7 Å². The molecule has 0 aliphatic heterocycles. The third kappa shape index (κ3) is 8.72. The summed E-state index contributed by atoms with van der Waals surface area (Å²) < 4.78 is 0. The number of imidazole rings is 1. The number of rotatable bonds is 13. The topological polar surface area (TPSA) is 179 Å². The van der Waals surface area contributed by atoms with Gasteiger partial charge < -0.3 is 31.8 Å². The maximum atomic E-state index is 12.9. The highest BCUT2D eigenvalue weighted by atomic mass is 32.1. The average Bonchev–Trinajstić information content (AvgIpc) is 3.33. The summed E-state index contributed by atoms with van der Waals surface area (Å²) in [5, 5.41) is 17.1. The number of carbonyl (C=O) groups excluding carboxylic acids is 3. The molecule has 11 nitrogen and oxygen atoms in total. The van der Waals surface area contributed by atoms with Crippen molar-refractivity contribution in [2.45, 2.75) is 50.9 Å². The minimum absolute atomic E-state index is 0.00550. The van der Waals surface area contributed by atoms with Crippen LogP contribution < -0.4 is 21.7 Å². The van der Waals surface area contributed by atoms with Gasteiger partial charge in [-0.3, -0.25) is 14.4 Å². The Morgan fingerprint density at radius 1 is 1.00 bits per heavy atom. The molecule has 0 aliphatic carbocycles. The molecule has 4 atom stereocenters. The van der Waals surface area contributed by atoms with E-state index in [2.05, 4.69) is 38.5 Å². The van der Waals surface area contributed by atoms with Gasteiger partial charge in [-0.15, -0.1) is 0 Å². The van der Waals surface area contributed by atoms with Gasteiger partial charge in [0.2, 0.25) is 17.7 Å². The van der Waals surface area contributed by atoms with Gasteiger partial charge in [-0.2, -0.15) is 12.6 Å². The van der Waals surface area contributed by atoms with Crippen molar-refractivity contribution in [3.63, 3.8) is 0 Å². The highest BCUT2D eigenvalue weighted by Crippen LogP contribution is 2.07. The molecule has 3 amide bonds. The van der Waals surface area contributed by atoms with Gasteiger partial charge >= 0.3 is 5.97 Å². The first-order valence-electron chi connectivity index (χ1n) is 11.1. The zero-order valence-electron chi connectivity index (χ0n) is 19.6. The second-order valence-electron chi connectivity index (χ2n) is 8.45. The van der Waals surface area contributed by atoms with E-state index in [0.717, 1.165) is 5.56 Å². The number of hydrogen-bond acceptors (Lipinski definition) is 7. The average molecular weight is 505 g/mol. The summed E-state index contributed by atoms with van der Waals surface area (Å²) >= 11 is 4.15. The van der Waals surface area contributed by atoms with Crippen LogP contribution in [0, 0.1) is 5.92 Å². The molecule has 4 unspecified atom stereocenters. The number of nitrogens with one attached hydrogen (secondary N) is 4. The van der Waals surface area contributed by atoms with Crippen LogP contribution in [0.1, 0.15) is 25.1 Å². The van der Waals surface area contributed by atoms with Crippen LogP contribution in [0.4, 0.5) is 0 Å². The summed E-state index contributed by atoms with van der Waals surface area (Å²) in [7, 11) is 0. The van der Waals surface area contributed by atoms with Crippen molar-refractivity contribution in [2.24, 2.45) is 11.7 Å². The molecule has 0 saturated carbocycles. The Hall–Kier alpha value is -3.38. The van der Waals surface area contributed by atoms with Gasteiger partial charge in [0, 0.05) is 24.1 Å². The third-order valence-electron chi connectivity index (χ3n) is 5.29. The van der Waals surface area contributed by atoms with Crippen LogP contribution in [0.2, 0.25) is 0 Å². The summed E-state index contributed by atoms with van der Waals surface area (Å²) in [5.41, 5.74) is 7.40. The number of carboxylic acid groups (broad SMARTS) is 1. The van der Waals surface area contributed by atoms with Gasteiger partial charge in [-0.05, 0) is 17.9 Å². The van der Waals surface area contributed by atoms with Crippen molar-refractivity contribution in [2.75, 3.05) is 5.75 Å². The van der Waals surface area contributed by atoms with Crippen molar-refractivity contribution in [3.05, 3.63) is 54.1 Å². The zero-order chi connectivity index (χ0) is 26.0. The van der Waals surface area contributed by atoms with Crippen LogP contribution in [-0.2, 0) is 32.0 Å². The maximum Gasteiger partial charge on any atom is 0.326 e. The van der Waals surface area contributed by atoms with Crippen LogP contribution in [0.3, 0.4) is 0 Å². The Kier molecular flexibility index (Phi) is 10.7. The molecule has 1 aromatic heterocycles. The van der Waals surface area contributed by atoms with E-state index in [1.54, 1.807) is 13.8 Å². The molecule has 35 heavy (non-hydrogen) atoms. The Labute approximate surface area is 209 Å². The number of carboxylic acids is 1. The van der Waals surface area contributed by atoms with Gasteiger partial charge in [0.15, 0.2) is 0 Å². The lowest BCUT2D eigenvalue weighted by Crippen LogP contribution is -2.59. The summed E-state index contributed by atoms with van der Waals surface area (Å²) in [4.78, 5) is 56.5. The number of H-pyrrole nitrogens is 1. The minimum atomic E-state index is -1.23. The first-order valence-corrected chi connectivity index (χ1v) is 11.8. The molecule has 2 aromatic rings. The minimum Gasteiger partial charge on any atom is -0.480 e. The molecule has 0 fully saturated rings. The summed E-state index contributed by atoms with van der Waals surface area (Å²) in [6.07, 6.45) is 3.16.